The van der Waals surface area contributed by atoms with Crippen molar-refractivity contribution in [3.05, 3.63) is 46.0 Å². The highest BCUT2D eigenvalue weighted by molar-refractivity contribution is 6.30. The number of aromatic nitrogens is 2. The van der Waals surface area contributed by atoms with E-state index in [2.05, 4.69) is 4.98 Å². The Hall–Kier alpha value is -2.50. The number of hydrogen-bond acceptors (Lipinski definition) is 4. The predicted octanol–water partition coefficient (Wildman–Crippen LogP) is 2.26. The van der Waals surface area contributed by atoms with Crippen LogP contribution in [0.5, 0.6) is 5.75 Å². The third-order valence-electron chi connectivity index (χ3n) is 3.22. The molecule has 3 rings (SSSR count). The Morgan fingerprint density at radius 2 is 2.20 bits per heavy atom. The molecular weight excluding hydrogens is 276 g/mol. The maximum Gasteiger partial charge on any atom is 0.176 e. The summed E-state index contributed by atoms with van der Waals surface area (Å²) < 4.78 is 7.25. The molecule has 5 nitrogen and oxygen atoms in total. The van der Waals surface area contributed by atoms with Crippen LogP contribution in [-0.4, -0.2) is 16.2 Å². The lowest BCUT2D eigenvalue weighted by Gasteiger charge is -2.10. The number of imidazole rings is 1. The molecule has 98 valence electrons. The van der Waals surface area contributed by atoms with Gasteiger partial charge in [-0.15, -0.1) is 0 Å². The molecule has 0 saturated carbocycles. The first-order chi connectivity index (χ1) is 9.72. The van der Waals surface area contributed by atoms with Gasteiger partial charge in [0.05, 0.1) is 19.5 Å². The number of nitriles is 2. The molecule has 0 aliphatic carbocycles. The van der Waals surface area contributed by atoms with Gasteiger partial charge in [0.1, 0.15) is 17.9 Å². The van der Waals surface area contributed by atoms with Gasteiger partial charge in [-0.3, -0.25) is 0 Å². The Kier molecular flexibility index (Phi) is 3.06. The maximum absolute atomic E-state index is 9.13. The largest absolute Gasteiger partial charge is 0.493 e. The number of nitrogens with zero attached hydrogens (tertiary/aromatic N) is 4. The molecule has 0 fully saturated rings. The van der Waals surface area contributed by atoms with Crippen molar-refractivity contribution in [2.45, 2.75) is 13.0 Å². The highest BCUT2D eigenvalue weighted by Gasteiger charge is 2.19. The lowest BCUT2D eigenvalue weighted by atomic mass is 10.1. The van der Waals surface area contributed by atoms with Crippen LogP contribution in [0.25, 0.3) is 0 Å². The standard InChI is InChI=1S/C14H9ClN4O/c15-11-3-9-1-2-20-14(9)10(4-11)7-19-8-18-12(5-16)13(19)6-17/h3-4,8H,1-2,7H2. The first kappa shape index (κ1) is 12.5. The van der Waals surface area contributed by atoms with E-state index in [1.807, 2.05) is 24.3 Å². The fourth-order valence-corrected chi connectivity index (χ4v) is 2.61. The number of halogens is 1. The molecule has 0 amide bonds. The van der Waals surface area contributed by atoms with Crippen LogP contribution >= 0.6 is 11.6 Å². The van der Waals surface area contributed by atoms with Gasteiger partial charge in [-0.1, -0.05) is 11.6 Å². The average molecular weight is 285 g/mol. The van der Waals surface area contributed by atoms with E-state index in [-0.39, 0.29) is 11.4 Å². The van der Waals surface area contributed by atoms with Crippen molar-refractivity contribution in [1.29, 1.82) is 10.5 Å². The monoisotopic (exact) mass is 284 g/mol. The summed E-state index contributed by atoms with van der Waals surface area (Å²) in [5, 5.41) is 18.7. The van der Waals surface area contributed by atoms with E-state index in [1.54, 1.807) is 4.57 Å². The Labute approximate surface area is 120 Å². The summed E-state index contributed by atoms with van der Waals surface area (Å²) in [5.74, 6) is 0.825. The molecule has 0 bridgehead atoms. The zero-order valence-corrected chi connectivity index (χ0v) is 11.2. The Morgan fingerprint density at radius 3 is 2.95 bits per heavy atom. The van der Waals surface area contributed by atoms with E-state index < -0.39 is 0 Å². The van der Waals surface area contributed by atoms with Gasteiger partial charge >= 0.3 is 0 Å². The smallest absolute Gasteiger partial charge is 0.176 e. The van der Waals surface area contributed by atoms with Gasteiger partial charge in [0.15, 0.2) is 11.4 Å². The Balaban J connectivity index is 2.03. The minimum Gasteiger partial charge on any atom is -0.493 e. The number of fused-ring (bicyclic) bond motifs is 1. The lowest BCUT2D eigenvalue weighted by molar-refractivity contribution is 0.352. The molecule has 2 heterocycles. The summed E-state index contributed by atoms with van der Waals surface area (Å²) in [6.45, 7) is 1.04. The van der Waals surface area contributed by atoms with Crippen LogP contribution in [0.1, 0.15) is 22.5 Å². The molecular formula is C14H9ClN4O. The number of rotatable bonds is 2. The second-order valence-corrected chi connectivity index (χ2v) is 4.88. The molecule has 1 aliphatic rings. The quantitative estimate of drug-likeness (QED) is 0.848. The summed E-state index contributed by atoms with van der Waals surface area (Å²) in [4.78, 5) is 3.92. The van der Waals surface area contributed by atoms with Gasteiger partial charge in [-0.05, 0) is 17.7 Å². The SMILES string of the molecule is N#Cc1ncn(Cc2cc(Cl)cc3c2OCC3)c1C#N. The second kappa shape index (κ2) is 4.88. The normalized spacial score (nSPS) is 12.3. The summed E-state index contributed by atoms with van der Waals surface area (Å²) >= 11 is 6.10. The Morgan fingerprint density at radius 1 is 1.35 bits per heavy atom. The van der Waals surface area contributed by atoms with Crippen molar-refractivity contribution in [2.75, 3.05) is 6.61 Å². The van der Waals surface area contributed by atoms with Crippen LogP contribution in [0.4, 0.5) is 0 Å². The topological polar surface area (TPSA) is 74.6 Å². The van der Waals surface area contributed by atoms with Gasteiger partial charge in [0.25, 0.3) is 0 Å². The van der Waals surface area contributed by atoms with Crippen LogP contribution in [0, 0.1) is 22.7 Å². The van der Waals surface area contributed by atoms with Gasteiger partial charge in [-0.2, -0.15) is 10.5 Å². The summed E-state index contributed by atoms with van der Waals surface area (Å²) in [6, 6.07) is 7.62. The van der Waals surface area contributed by atoms with Crippen molar-refractivity contribution in [3.63, 3.8) is 0 Å². The molecule has 0 unspecified atom stereocenters. The van der Waals surface area contributed by atoms with E-state index in [9.17, 15) is 0 Å². The summed E-state index contributed by atoms with van der Waals surface area (Å²) in [5.41, 5.74) is 2.35. The predicted molar refractivity (Wildman–Crippen MR) is 71.4 cm³/mol. The maximum atomic E-state index is 9.13. The van der Waals surface area contributed by atoms with Gasteiger partial charge in [0.2, 0.25) is 0 Å². The lowest BCUT2D eigenvalue weighted by Crippen LogP contribution is -2.03. The van der Waals surface area contributed by atoms with Crippen LogP contribution in [0.3, 0.4) is 0 Å². The van der Waals surface area contributed by atoms with Gasteiger partial charge in [0, 0.05) is 17.0 Å². The zero-order valence-electron chi connectivity index (χ0n) is 10.4. The number of benzene rings is 1. The second-order valence-electron chi connectivity index (χ2n) is 4.44. The molecule has 2 aromatic rings. The van der Waals surface area contributed by atoms with Crippen molar-refractivity contribution in [1.82, 2.24) is 9.55 Å². The van der Waals surface area contributed by atoms with Crippen LogP contribution < -0.4 is 4.74 Å². The molecule has 20 heavy (non-hydrogen) atoms. The third kappa shape index (κ3) is 1.99. The average Bonchev–Trinajstić information content (AvgIpc) is 3.04. The van der Waals surface area contributed by atoms with Crippen molar-refractivity contribution >= 4 is 11.6 Å². The molecule has 1 aliphatic heterocycles. The van der Waals surface area contributed by atoms with Crippen molar-refractivity contribution < 1.29 is 4.74 Å². The molecule has 1 aromatic carbocycles. The van der Waals surface area contributed by atoms with Crippen molar-refractivity contribution in [3.8, 4) is 17.9 Å². The zero-order chi connectivity index (χ0) is 14.1. The third-order valence-corrected chi connectivity index (χ3v) is 3.43. The van der Waals surface area contributed by atoms with E-state index in [1.165, 1.54) is 6.33 Å². The summed E-state index contributed by atoms with van der Waals surface area (Å²) in [7, 11) is 0. The molecule has 0 atom stereocenters. The van der Waals surface area contributed by atoms with Gasteiger partial charge < -0.3 is 9.30 Å². The van der Waals surface area contributed by atoms with Crippen molar-refractivity contribution in [2.24, 2.45) is 0 Å². The van der Waals surface area contributed by atoms with Gasteiger partial charge in [-0.25, -0.2) is 4.98 Å². The minimum absolute atomic E-state index is 0.132. The van der Waals surface area contributed by atoms with E-state index in [4.69, 9.17) is 26.9 Å². The van der Waals surface area contributed by atoms with E-state index >= 15 is 0 Å². The molecule has 0 spiro atoms. The van der Waals surface area contributed by atoms with E-state index in [0.29, 0.717) is 18.2 Å². The number of ether oxygens (including phenoxy) is 1. The highest BCUT2D eigenvalue weighted by Crippen LogP contribution is 2.33. The molecule has 0 N–H and O–H groups in total. The molecule has 0 radical (unpaired) electrons. The van der Waals surface area contributed by atoms with E-state index in [0.717, 1.165) is 23.3 Å². The number of hydrogen-bond donors (Lipinski definition) is 0. The van der Waals surface area contributed by atoms with Crippen LogP contribution in [-0.2, 0) is 13.0 Å². The first-order valence-electron chi connectivity index (χ1n) is 6.02. The molecule has 6 heteroatoms. The highest BCUT2D eigenvalue weighted by atomic mass is 35.5. The van der Waals surface area contributed by atoms with Crippen LogP contribution in [0.15, 0.2) is 18.5 Å². The first-order valence-corrected chi connectivity index (χ1v) is 6.40. The minimum atomic E-state index is 0.132. The molecule has 1 aromatic heterocycles. The fraction of sp³-hybridized carbons (Fsp3) is 0.214. The van der Waals surface area contributed by atoms with Crippen LogP contribution in [0.2, 0.25) is 5.02 Å². The molecule has 0 saturated heterocycles. The Bertz CT molecular complexity index is 767. The summed E-state index contributed by atoms with van der Waals surface area (Å²) in [6.07, 6.45) is 2.32. The fourth-order valence-electron chi connectivity index (χ4n) is 2.35.